The van der Waals surface area contributed by atoms with E-state index < -0.39 is 0 Å². The summed E-state index contributed by atoms with van der Waals surface area (Å²) >= 11 is 0. The molecule has 0 aromatic heterocycles. The van der Waals surface area contributed by atoms with Gasteiger partial charge < -0.3 is 15.4 Å². The predicted octanol–water partition coefficient (Wildman–Crippen LogP) is 3.32. The predicted molar refractivity (Wildman–Crippen MR) is 100 cm³/mol. The second-order valence-electron chi connectivity index (χ2n) is 6.75. The Kier molecular flexibility index (Phi) is 5.71. The number of nitrogens with two attached hydrogens (primary N) is 1. The Labute approximate surface area is 149 Å². The number of benzene rings is 2. The maximum Gasteiger partial charge on any atom is 0.260 e. The molecule has 1 aliphatic heterocycles. The minimum atomic E-state index is 0.0354. The van der Waals surface area contributed by atoms with E-state index in [9.17, 15) is 4.79 Å². The highest BCUT2D eigenvalue weighted by atomic mass is 16.5. The Morgan fingerprint density at radius 1 is 1.20 bits per heavy atom. The molecule has 2 unspecified atom stereocenters. The van der Waals surface area contributed by atoms with Gasteiger partial charge >= 0.3 is 0 Å². The maximum atomic E-state index is 12.5. The number of hydrogen-bond donors (Lipinski definition) is 1. The van der Waals surface area contributed by atoms with Gasteiger partial charge in [0, 0.05) is 24.7 Å². The molecule has 1 amide bonds. The molecule has 2 aromatic rings. The summed E-state index contributed by atoms with van der Waals surface area (Å²) in [5.41, 5.74) is 8.10. The van der Waals surface area contributed by atoms with Gasteiger partial charge in [0.25, 0.3) is 5.91 Å². The van der Waals surface area contributed by atoms with E-state index in [1.54, 1.807) is 0 Å². The summed E-state index contributed by atoms with van der Waals surface area (Å²) in [5, 5.41) is 0. The van der Waals surface area contributed by atoms with Gasteiger partial charge in [0.1, 0.15) is 5.75 Å². The van der Waals surface area contributed by atoms with E-state index in [2.05, 4.69) is 0 Å². The number of amides is 1. The van der Waals surface area contributed by atoms with E-state index in [1.165, 1.54) is 0 Å². The van der Waals surface area contributed by atoms with Gasteiger partial charge in [-0.2, -0.15) is 0 Å². The Bertz CT molecular complexity index is 700. The van der Waals surface area contributed by atoms with Crippen LogP contribution < -0.4 is 10.5 Å². The minimum Gasteiger partial charge on any atom is -0.483 e. The normalized spacial score (nSPS) is 18.6. The number of carbonyl (C=O) groups excluding carboxylic acids is 1. The summed E-state index contributed by atoms with van der Waals surface area (Å²) in [4.78, 5) is 14.4. The van der Waals surface area contributed by atoms with Crippen LogP contribution in [0, 0.1) is 5.92 Å². The van der Waals surface area contributed by atoms with Crippen LogP contribution in [0.4, 0.5) is 0 Å². The Morgan fingerprint density at radius 3 is 2.68 bits per heavy atom. The summed E-state index contributed by atoms with van der Waals surface area (Å²) in [5.74, 6) is 1.16. The quantitative estimate of drug-likeness (QED) is 0.910. The first kappa shape index (κ1) is 17.5. The van der Waals surface area contributed by atoms with Crippen LogP contribution in [0.5, 0.6) is 5.75 Å². The molecule has 4 nitrogen and oxygen atoms in total. The molecule has 132 valence electrons. The molecule has 1 fully saturated rings. The van der Waals surface area contributed by atoms with Crippen molar-refractivity contribution in [3.8, 4) is 16.9 Å². The molecule has 25 heavy (non-hydrogen) atoms. The number of piperidine rings is 1. The standard InChI is InChI=1S/C21H26N2O2/c1-16(22)18-10-7-13-23(14-18)21(24)15-25-20-12-6-5-11-19(20)17-8-3-2-4-9-17/h2-6,8-9,11-12,16,18H,7,10,13-15,22H2,1H3. The maximum absolute atomic E-state index is 12.5. The minimum absolute atomic E-state index is 0.0354. The number of para-hydroxylation sites is 1. The summed E-state index contributed by atoms with van der Waals surface area (Å²) < 4.78 is 5.88. The van der Waals surface area contributed by atoms with Gasteiger partial charge in [-0.1, -0.05) is 48.5 Å². The van der Waals surface area contributed by atoms with Gasteiger partial charge in [0.05, 0.1) is 0 Å². The van der Waals surface area contributed by atoms with Crippen LogP contribution in [0.25, 0.3) is 11.1 Å². The van der Waals surface area contributed by atoms with Gasteiger partial charge in [0.2, 0.25) is 0 Å². The van der Waals surface area contributed by atoms with Crippen LogP contribution in [0.2, 0.25) is 0 Å². The van der Waals surface area contributed by atoms with E-state index >= 15 is 0 Å². The number of likely N-dealkylation sites (tertiary alicyclic amines) is 1. The molecular weight excluding hydrogens is 312 g/mol. The van der Waals surface area contributed by atoms with Gasteiger partial charge in [-0.25, -0.2) is 0 Å². The first-order valence-electron chi connectivity index (χ1n) is 8.96. The lowest BCUT2D eigenvalue weighted by Gasteiger charge is -2.34. The van der Waals surface area contributed by atoms with Crippen molar-refractivity contribution in [1.29, 1.82) is 0 Å². The van der Waals surface area contributed by atoms with E-state index in [0.717, 1.165) is 42.8 Å². The Balaban J connectivity index is 1.65. The molecule has 2 aromatic carbocycles. The van der Waals surface area contributed by atoms with Crippen molar-refractivity contribution in [3.63, 3.8) is 0 Å². The molecule has 4 heteroatoms. The van der Waals surface area contributed by atoms with Crippen molar-refractivity contribution in [2.75, 3.05) is 19.7 Å². The molecule has 0 aliphatic carbocycles. The fourth-order valence-electron chi connectivity index (χ4n) is 3.35. The highest BCUT2D eigenvalue weighted by Crippen LogP contribution is 2.29. The fraction of sp³-hybridized carbons (Fsp3) is 0.381. The molecule has 1 aliphatic rings. The van der Waals surface area contributed by atoms with Crippen LogP contribution in [0.1, 0.15) is 19.8 Å². The summed E-state index contributed by atoms with van der Waals surface area (Å²) in [6.07, 6.45) is 2.11. The van der Waals surface area contributed by atoms with E-state index in [-0.39, 0.29) is 18.6 Å². The average Bonchev–Trinajstić information content (AvgIpc) is 2.67. The van der Waals surface area contributed by atoms with Crippen molar-refractivity contribution in [3.05, 3.63) is 54.6 Å². The summed E-state index contributed by atoms with van der Waals surface area (Å²) in [6, 6.07) is 18.0. The first-order valence-corrected chi connectivity index (χ1v) is 8.96. The number of hydrogen-bond acceptors (Lipinski definition) is 3. The molecule has 2 atom stereocenters. The first-order chi connectivity index (χ1) is 12.1. The summed E-state index contributed by atoms with van der Waals surface area (Å²) in [6.45, 7) is 3.62. The number of rotatable bonds is 5. The van der Waals surface area contributed by atoms with Crippen molar-refractivity contribution < 1.29 is 9.53 Å². The van der Waals surface area contributed by atoms with E-state index in [1.807, 2.05) is 66.4 Å². The Morgan fingerprint density at radius 2 is 1.92 bits per heavy atom. The average molecular weight is 338 g/mol. The highest BCUT2D eigenvalue weighted by Gasteiger charge is 2.26. The number of nitrogens with zero attached hydrogens (tertiary/aromatic N) is 1. The van der Waals surface area contributed by atoms with Crippen LogP contribution in [-0.4, -0.2) is 36.5 Å². The largest absolute Gasteiger partial charge is 0.483 e. The molecule has 1 heterocycles. The molecule has 0 bridgehead atoms. The second kappa shape index (κ2) is 8.17. The van der Waals surface area contributed by atoms with Gasteiger partial charge in [-0.15, -0.1) is 0 Å². The number of carbonyl (C=O) groups is 1. The SMILES string of the molecule is CC(N)C1CCCN(C(=O)COc2ccccc2-c2ccccc2)C1. The third-order valence-corrected chi connectivity index (χ3v) is 4.88. The van der Waals surface area contributed by atoms with Crippen molar-refractivity contribution >= 4 is 5.91 Å². The summed E-state index contributed by atoms with van der Waals surface area (Å²) in [7, 11) is 0. The molecule has 0 spiro atoms. The monoisotopic (exact) mass is 338 g/mol. The van der Waals surface area contributed by atoms with Crippen molar-refractivity contribution in [2.45, 2.75) is 25.8 Å². The van der Waals surface area contributed by atoms with Crippen molar-refractivity contribution in [1.82, 2.24) is 4.90 Å². The van der Waals surface area contributed by atoms with Gasteiger partial charge in [-0.05, 0) is 37.3 Å². The van der Waals surface area contributed by atoms with Crippen LogP contribution in [-0.2, 0) is 4.79 Å². The van der Waals surface area contributed by atoms with E-state index in [0.29, 0.717) is 5.92 Å². The zero-order valence-corrected chi connectivity index (χ0v) is 14.7. The molecule has 0 saturated carbocycles. The zero-order chi connectivity index (χ0) is 17.6. The highest BCUT2D eigenvalue weighted by molar-refractivity contribution is 5.78. The molecule has 1 saturated heterocycles. The third kappa shape index (κ3) is 4.40. The lowest BCUT2D eigenvalue weighted by molar-refractivity contribution is -0.135. The molecule has 3 rings (SSSR count). The van der Waals surface area contributed by atoms with Crippen molar-refractivity contribution in [2.24, 2.45) is 11.7 Å². The molecular formula is C21H26N2O2. The molecule has 2 N–H and O–H groups in total. The lowest BCUT2D eigenvalue weighted by atomic mass is 9.92. The smallest absolute Gasteiger partial charge is 0.260 e. The zero-order valence-electron chi connectivity index (χ0n) is 14.7. The fourth-order valence-corrected chi connectivity index (χ4v) is 3.35. The van der Waals surface area contributed by atoms with Crippen LogP contribution in [0.3, 0.4) is 0 Å². The lowest BCUT2D eigenvalue weighted by Crippen LogP contribution is -2.46. The Hall–Kier alpha value is -2.33. The van der Waals surface area contributed by atoms with Gasteiger partial charge in [0.15, 0.2) is 6.61 Å². The van der Waals surface area contributed by atoms with Gasteiger partial charge in [-0.3, -0.25) is 4.79 Å². The second-order valence-corrected chi connectivity index (χ2v) is 6.75. The third-order valence-electron chi connectivity index (χ3n) is 4.88. The van der Waals surface area contributed by atoms with E-state index in [4.69, 9.17) is 10.5 Å². The topological polar surface area (TPSA) is 55.6 Å². The van der Waals surface area contributed by atoms with Crippen LogP contribution >= 0.6 is 0 Å². The van der Waals surface area contributed by atoms with Crippen LogP contribution in [0.15, 0.2) is 54.6 Å². The molecule has 0 radical (unpaired) electrons. The number of ether oxygens (including phenoxy) is 1.